The number of aromatic nitrogens is 3. The lowest BCUT2D eigenvalue weighted by Crippen LogP contribution is -2.49. The lowest BCUT2D eigenvalue weighted by atomic mass is 10.3. The van der Waals surface area contributed by atoms with Gasteiger partial charge in [-0.3, -0.25) is 4.79 Å². The minimum absolute atomic E-state index is 0.0745. The first kappa shape index (κ1) is 14.4. The third-order valence-corrected chi connectivity index (χ3v) is 4.66. The SMILES string of the molecule is O=C(c1coc(C2CC2)n1)N1CCN(c2nc3ncccc3o2)CC1. The van der Waals surface area contributed by atoms with E-state index in [0.29, 0.717) is 60.9 Å². The van der Waals surface area contributed by atoms with Gasteiger partial charge in [0.05, 0.1) is 0 Å². The number of rotatable bonds is 3. The molecule has 1 amide bonds. The van der Waals surface area contributed by atoms with Gasteiger partial charge in [0, 0.05) is 38.3 Å². The first-order valence-corrected chi connectivity index (χ1v) is 8.49. The monoisotopic (exact) mass is 339 g/mol. The highest BCUT2D eigenvalue weighted by molar-refractivity contribution is 5.92. The number of carbonyl (C=O) groups excluding carboxylic acids is 1. The average molecular weight is 339 g/mol. The van der Waals surface area contributed by atoms with Crippen LogP contribution in [0.5, 0.6) is 0 Å². The first-order valence-electron chi connectivity index (χ1n) is 8.49. The van der Waals surface area contributed by atoms with E-state index in [-0.39, 0.29) is 5.91 Å². The molecule has 3 aromatic heterocycles. The Bertz CT molecular complexity index is 888. The number of oxazole rings is 2. The maximum absolute atomic E-state index is 12.6. The standard InChI is InChI=1S/C17H17N5O3/c23-16(12-10-24-15(19-12)11-3-4-11)21-6-8-22(9-7-21)17-20-14-13(25-17)2-1-5-18-14/h1-2,5,10-11H,3-4,6-9H2. The van der Waals surface area contributed by atoms with Crippen molar-refractivity contribution in [2.24, 2.45) is 0 Å². The molecule has 0 atom stereocenters. The number of fused-ring (bicyclic) bond motifs is 1. The van der Waals surface area contributed by atoms with Gasteiger partial charge in [0.1, 0.15) is 6.26 Å². The number of nitrogens with zero attached hydrogens (tertiary/aromatic N) is 5. The van der Waals surface area contributed by atoms with E-state index in [1.807, 2.05) is 17.0 Å². The van der Waals surface area contributed by atoms with Gasteiger partial charge in [-0.2, -0.15) is 4.98 Å². The quantitative estimate of drug-likeness (QED) is 0.721. The van der Waals surface area contributed by atoms with Crippen LogP contribution in [0.4, 0.5) is 6.01 Å². The second kappa shape index (κ2) is 5.58. The lowest BCUT2D eigenvalue weighted by Gasteiger charge is -2.33. The number of anilines is 1. The fraction of sp³-hybridized carbons (Fsp3) is 0.412. The Morgan fingerprint density at radius 3 is 2.76 bits per heavy atom. The summed E-state index contributed by atoms with van der Waals surface area (Å²) in [6.07, 6.45) is 5.38. The van der Waals surface area contributed by atoms with Crippen LogP contribution in [-0.4, -0.2) is 51.9 Å². The van der Waals surface area contributed by atoms with Crippen LogP contribution in [0.1, 0.15) is 35.1 Å². The van der Waals surface area contributed by atoms with Gasteiger partial charge in [-0.15, -0.1) is 0 Å². The molecular formula is C17H17N5O3. The van der Waals surface area contributed by atoms with E-state index in [4.69, 9.17) is 8.83 Å². The molecular weight excluding hydrogens is 322 g/mol. The molecule has 0 bridgehead atoms. The highest BCUT2D eigenvalue weighted by Gasteiger charge is 2.31. The molecule has 128 valence electrons. The van der Waals surface area contributed by atoms with Crippen molar-refractivity contribution in [3.8, 4) is 0 Å². The second-order valence-corrected chi connectivity index (χ2v) is 6.45. The Hall–Kier alpha value is -2.90. The fourth-order valence-electron chi connectivity index (χ4n) is 3.06. The predicted octanol–water partition coefficient (Wildman–Crippen LogP) is 2.05. The van der Waals surface area contributed by atoms with Crippen LogP contribution in [0.15, 0.2) is 33.4 Å². The van der Waals surface area contributed by atoms with Gasteiger partial charge in [-0.25, -0.2) is 9.97 Å². The lowest BCUT2D eigenvalue weighted by molar-refractivity contribution is 0.0739. The summed E-state index contributed by atoms with van der Waals surface area (Å²) in [4.78, 5) is 29.3. The van der Waals surface area contributed by atoms with Gasteiger partial charge in [-0.1, -0.05) is 0 Å². The maximum atomic E-state index is 12.6. The van der Waals surface area contributed by atoms with Crippen molar-refractivity contribution in [3.63, 3.8) is 0 Å². The third-order valence-electron chi connectivity index (χ3n) is 4.66. The highest BCUT2D eigenvalue weighted by Crippen LogP contribution is 2.39. The molecule has 1 saturated carbocycles. The van der Waals surface area contributed by atoms with Crippen LogP contribution in [0.25, 0.3) is 11.2 Å². The van der Waals surface area contributed by atoms with Gasteiger partial charge in [0.15, 0.2) is 17.2 Å². The van der Waals surface area contributed by atoms with Gasteiger partial charge in [0.2, 0.25) is 5.65 Å². The summed E-state index contributed by atoms with van der Waals surface area (Å²) >= 11 is 0. The van der Waals surface area contributed by atoms with Gasteiger partial charge in [0.25, 0.3) is 11.9 Å². The van der Waals surface area contributed by atoms with Gasteiger partial charge >= 0.3 is 0 Å². The van der Waals surface area contributed by atoms with Crippen molar-refractivity contribution in [1.82, 2.24) is 19.9 Å². The number of hydrogen-bond donors (Lipinski definition) is 0. The molecule has 0 radical (unpaired) electrons. The summed E-state index contributed by atoms with van der Waals surface area (Å²) in [6.45, 7) is 2.50. The van der Waals surface area contributed by atoms with Crippen molar-refractivity contribution in [3.05, 3.63) is 36.2 Å². The fourth-order valence-corrected chi connectivity index (χ4v) is 3.06. The van der Waals surface area contributed by atoms with E-state index in [1.165, 1.54) is 6.26 Å². The maximum Gasteiger partial charge on any atom is 0.300 e. The Morgan fingerprint density at radius 1 is 1.16 bits per heavy atom. The summed E-state index contributed by atoms with van der Waals surface area (Å²) in [6, 6.07) is 4.22. The molecule has 0 aromatic carbocycles. The van der Waals surface area contributed by atoms with Crippen molar-refractivity contribution >= 4 is 23.2 Å². The molecule has 5 rings (SSSR count). The van der Waals surface area contributed by atoms with Crippen LogP contribution in [0.3, 0.4) is 0 Å². The zero-order valence-corrected chi connectivity index (χ0v) is 13.6. The Kier molecular flexibility index (Phi) is 3.22. The summed E-state index contributed by atoms with van der Waals surface area (Å²) in [5.41, 5.74) is 1.68. The molecule has 1 saturated heterocycles. The summed E-state index contributed by atoms with van der Waals surface area (Å²) < 4.78 is 11.2. The molecule has 0 unspecified atom stereocenters. The number of piperazine rings is 1. The van der Waals surface area contributed by atoms with E-state index in [9.17, 15) is 4.79 Å². The van der Waals surface area contributed by atoms with E-state index in [2.05, 4.69) is 15.0 Å². The van der Waals surface area contributed by atoms with Crippen LogP contribution in [-0.2, 0) is 0 Å². The summed E-state index contributed by atoms with van der Waals surface area (Å²) in [5, 5.41) is 0. The topological polar surface area (TPSA) is 88.5 Å². The third kappa shape index (κ3) is 2.63. The first-order chi connectivity index (χ1) is 12.3. The molecule has 8 nitrogen and oxygen atoms in total. The second-order valence-electron chi connectivity index (χ2n) is 6.45. The van der Waals surface area contributed by atoms with Crippen LogP contribution < -0.4 is 4.90 Å². The molecule has 3 aromatic rings. The zero-order valence-electron chi connectivity index (χ0n) is 13.6. The molecule has 0 spiro atoms. The molecule has 4 heterocycles. The van der Waals surface area contributed by atoms with Crippen molar-refractivity contribution in [2.45, 2.75) is 18.8 Å². The zero-order chi connectivity index (χ0) is 16.8. The highest BCUT2D eigenvalue weighted by atomic mass is 16.4. The normalized spacial score (nSPS) is 18.1. The number of pyridine rings is 1. The minimum atomic E-state index is -0.0745. The molecule has 2 fully saturated rings. The predicted molar refractivity (Wildman–Crippen MR) is 88.4 cm³/mol. The minimum Gasteiger partial charge on any atom is -0.448 e. The number of amides is 1. The van der Waals surface area contributed by atoms with E-state index in [0.717, 1.165) is 12.8 Å². The van der Waals surface area contributed by atoms with Gasteiger partial charge in [-0.05, 0) is 25.0 Å². The molecule has 0 N–H and O–H groups in total. The smallest absolute Gasteiger partial charge is 0.300 e. The van der Waals surface area contributed by atoms with Crippen molar-refractivity contribution < 1.29 is 13.6 Å². The number of carbonyl (C=O) groups is 1. The molecule has 1 aliphatic heterocycles. The summed E-state index contributed by atoms with van der Waals surface area (Å²) in [7, 11) is 0. The molecule has 2 aliphatic rings. The van der Waals surface area contributed by atoms with Gasteiger partial charge < -0.3 is 18.6 Å². The average Bonchev–Trinajstić information content (AvgIpc) is 3.22. The molecule has 1 aliphatic carbocycles. The summed E-state index contributed by atoms with van der Waals surface area (Å²) in [5.74, 6) is 1.03. The Balaban J connectivity index is 1.26. The van der Waals surface area contributed by atoms with E-state index in [1.54, 1.807) is 11.1 Å². The molecule has 25 heavy (non-hydrogen) atoms. The van der Waals surface area contributed by atoms with E-state index < -0.39 is 0 Å². The van der Waals surface area contributed by atoms with Crippen molar-refractivity contribution in [1.29, 1.82) is 0 Å². The van der Waals surface area contributed by atoms with Crippen LogP contribution >= 0.6 is 0 Å². The Morgan fingerprint density at radius 2 is 2.00 bits per heavy atom. The number of hydrogen-bond acceptors (Lipinski definition) is 7. The van der Waals surface area contributed by atoms with Crippen molar-refractivity contribution in [2.75, 3.05) is 31.1 Å². The van der Waals surface area contributed by atoms with Crippen LogP contribution in [0.2, 0.25) is 0 Å². The van der Waals surface area contributed by atoms with E-state index >= 15 is 0 Å². The van der Waals surface area contributed by atoms with Crippen LogP contribution in [0, 0.1) is 0 Å². The molecule has 8 heteroatoms. The largest absolute Gasteiger partial charge is 0.448 e. The Labute approximate surface area is 143 Å².